The summed E-state index contributed by atoms with van der Waals surface area (Å²) in [6, 6.07) is 11.3. The quantitative estimate of drug-likeness (QED) is 0.773. The maximum Gasteiger partial charge on any atom is 0.253 e. The van der Waals surface area contributed by atoms with Crippen molar-refractivity contribution in [1.82, 2.24) is 24.6 Å². The van der Waals surface area contributed by atoms with E-state index in [0.717, 1.165) is 29.9 Å². The second-order valence-corrected chi connectivity index (χ2v) is 6.95. The number of hydrogen-bond donors (Lipinski definition) is 1. The van der Waals surface area contributed by atoms with Gasteiger partial charge in [-0.2, -0.15) is 5.10 Å². The molecule has 1 amide bonds. The van der Waals surface area contributed by atoms with Gasteiger partial charge in [-0.15, -0.1) is 0 Å². The fourth-order valence-corrected chi connectivity index (χ4v) is 3.63. The summed E-state index contributed by atoms with van der Waals surface area (Å²) in [6.45, 7) is 5.44. The lowest BCUT2D eigenvalue weighted by Gasteiger charge is -2.18. The third-order valence-electron chi connectivity index (χ3n) is 4.89. The normalized spacial score (nSPS) is 16.7. The second kappa shape index (κ2) is 6.83. The maximum absolute atomic E-state index is 13.0. The van der Waals surface area contributed by atoms with E-state index in [2.05, 4.69) is 28.1 Å². The van der Waals surface area contributed by atoms with E-state index in [1.807, 2.05) is 40.8 Å². The van der Waals surface area contributed by atoms with Gasteiger partial charge in [-0.3, -0.25) is 9.48 Å². The molecule has 3 aromatic rings. The number of nitrogen functional groups attached to an aromatic ring is 1. The molecular formula is C20H22N6O. The zero-order chi connectivity index (χ0) is 19.0. The number of nitrogens with zero attached hydrogens (tertiary/aromatic N) is 5. The number of hydrogen-bond acceptors (Lipinski definition) is 5. The largest absolute Gasteiger partial charge is 0.384 e. The van der Waals surface area contributed by atoms with Gasteiger partial charge in [0.25, 0.3) is 5.91 Å². The average molecular weight is 362 g/mol. The topological polar surface area (TPSA) is 89.9 Å². The van der Waals surface area contributed by atoms with Crippen molar-refractivity contribution in [3.05, 3.63) is 59.5 Å². The molecule has 3 heterocycles. The zero-order valence-corrected chi connectivity index (χ0v) is 15.5. The monoisotopic (exact) mass is 362 g/mol. The highest BCUT2D eigenvalue weighted by atomic mass is 16.2. The van der Waals surface area contributed by atoms with Crippen LogP contribution in [0.1, 0.15) is 34.2 Å². The van der Waals surface area contributed by atoms with Crippen LogP contribution in [0.15, 0.2) is 42.6 Å². The molecule has 138 valence electrons. The van der Waals surface area contributed by atoms with Crippen LogP contribution in [-0.4, -0.2) is 43.6 Å². The summed E-state index contributed by atoms with van der Waals surface area (Å²) in [5.41, 5.74) is 9.29. The van der Waals surface area contributed by atoms with Crippen molar-refractivity contribution in [2.45, 2.75) is 26.3 Å². The Kier molecular flexibility index (Phi) is 4.35. The van der Waals surface area contributed by atoms with Gasteiger partial charge in [0, 0.05) is 36.1 Å². The first-order chi connectivity index (χ1) is 13.0. The number of carbonyl (C=O) groups excluding carboxylic acids is 1. The fraction of sp³-hybridized carbons (Fsp3) is 0.300. The number of rotatable bonds is 3. The van der Waals surface area contributed by atoms with E-state index in [1.54, 1.807) is 12.3 Å². The molecule has 1 atom stereocenters. The third-order valence-corrected chi connectivity index (χ3v) is 4.89. The molecular weight excluding hydrogens is 340 g/mol. The second-order valence-electron chi connectivity index (χ2n) is 6.95. The number of carbonyl (C=O) groups is 1. The van der Waals surface area contributed by atoms with E-state index in [0.29, 0.717) is 23.8 Å². The summed E-state index contributed by atoms with van der Waals surface area (Å²) >= 11 is 0. The Morgan fingerprint density at radius 3 is 2.81 bits per heavy atom. The molecule has 4 rings (SSSR count). The van der Waals surface area contributed by atoms with Crippen LogP contribution in [0, 0.1) is 13.8 Å². The van der Waals surface area contributed by atoms with E-state index in [4.69, 9.17) is 5.73 Å². The van der Waals surface area contributed by atoms with Crippen LogP contribution in [0.4, 0.5) is 5.82 Å². The minimum Gasteiger partial charge on any atom is -0.384 e. The molecule has 7 heteroatoms. The van der Waals surface area contributed by atoms with Crippen molar-refractivity contribution in [2.75, 3.05) is 18.8 Å². The summed E-state index contributed by atoms with van der Waals surface area (Å²) in [7, 11) is 0. The van der Waals surface area contributed by atoms with Gasteiger partial charge in [-0.25, -0.2) is 9.97 Å². The number of anilines is 1. The highest BCUT2D eigenvalue weighted by molar-refractivity contribution is 5.95. The molecule has 0 unspecified atom stereocenters. The van der Waals surface area contributed by atoms with Gasteiger partial charge in [0.1, 0.15) is 5.82 Å². The molecule has 1 aromatic carbocycles. The highest BCUT2D eigenvalue weighted by Crippen LogP contribution is 2.25. The van der Waals surface area contributed by atoms with Gasteiger partial charge in [-0.05, 0) is 44.5 Å². The Morgan fingerprint density at radius 1 is 1.22 bits per heavy atom. The van der Waals surface area contributed by atoms with E-state index in [9.17, 15) is 4.79 Å². The smallest absolute Gasteiger partial charge is 0.253 e. The number of nitrogens with two attached hydrogens (primary N) is 1. The average Bonchev–Trinajstić information content (AvgIpc) is 3.27. The number of aryl methyl sites for hydroxylation is 2. The molecule has 1 fully saturated rings. The number of likely N-dealkylation sites (tertiary alicyclic amines) is 1. The zero-order valence-electron chi connectivity index (χ0n) is 15.5. The number of benzene rings is 1. The molecule has 0 spiro atoms. The minimum absolute atomic E-state index is 0.0183. The summed E-state index contributed by atoms with van der Waals surface area (Å²) in [6.07, 6.45) is 2.53. The van der Waals surface area contributed by atoms with E-state index >= 15 is 0 Å². The lowest BCUT2D eigenvalue weighted by Crippen LogP contribution is -2.29. The lowest BCUT2D eigenvalue weighted by molar-refractivity contribution is 0.0787. The van der Waals surface area contributed by atoms with Gasteiger partial charge in [0.05, 0.1) is 11.7 Å². The van der Waals surface area contributed by atoms with Crippen LogP contribution in [0.3, 0.4) is 0 Å². The van der Waals surface area contributed by atoms with Crippen molar-refractivity contribution in [2.24, 2.45) is 0 Å². The Balaban J connectivity index is 1.54. The van der Waals surface area contributed by atoms with Crippen molar-refractivity contribution in [1.29, 1.82) is 0 Å². The van der Waals surface area contributed by atoms with Crippen molar-refractivity contribution >= 4 is 11.7 Å². The molecule has 1 aliphatic heterocycles. The highest BCUT2D eigenvalue weighted by Gasteiger charge is 2.29. The van der Waals surface area contributed by atoms with Gasteiger partial charge in [0.15, 0.2) is 5.82 Å². The molecule has 1 aliphatic rings. The summed E-state index contributed by atoms with van der Waals surface area (Å²) < 4.78 is 2.04. The first-order valence-corrected chi connectivity index (χ1v) is 9.02. The Hall–Kier alpha value is -3.22. The Labute approximate surface area is 157 Å². The van der Waals surface area contributed by atoms with Crippen LogP contribution in [0.5, 0.6) is 0 Å². The van der Waals surface area contributed by atoms with Crippen LogP contribution in [0.25, 0.3) is 11.4 Å². The predicted octanol–water partition coefficient (Wildman–Crippen LogP) is 2.63. The summed E-state index contributed by atoms with van der Waals surface area (Å²) in [4.78, 5) is 23.4. The first kappa shape index (κ1) is 17.2. The molecule has 0 saturated carbocycles. The first-order valence-electron chi connectivity index (χ1n) is 9.02. The predicted molar refractivity (Wildman–Crippen MR) is 103 cm³/mol. The van der Waals surface area contributed by atoms with E-state index < -0.39 is 0 Å². The molecule has 2 N–H and O–H groups in total. The number of amides is 1. The third kappa shape index (κ3) is 3.40. The van der Waals surface area contributed by atoms with Gasteiger partial charge < -0.3 is 10.6 Å². The molecule has 0 bridgehead atoms. The Morgan fingerprint density at radius 2 is 2.07 bits per heavy atom. The van der Waals surface area contributed by atoms with Crippen LogP contribution < -0.4 is 5.73 Å². The molecule has 1 saturated heterocycles. The van der Waals surface area contributed by atoms with Crippen molar-refractivity contribution in [3.63, 3.8) is 0 Å². The molecule has 27 heavy (non-hydrogen) atoms. The van der Waals surface area contributed by atoms with Crippen molar-refractivity contribution in [3.8, 4) is 11.4 Å². The molecule has 0 aliphatic carbocycles. The lowest BCUT2D eigenvalue weighted by atomic mass is 10.1. The standard InChI is InChI=1S/C20H22N6O/c1-13-10-14(2)26(24-13)17-7-9-25(12-17)20(27)16-5-3-4-15(11-16)19-22-8-6-18(21)23-19/h3-6,8,10-11,17H,7,9,12H2,1-2H3,(H2,21,22,23)/t17-/m0/s1. The van der Waals surface area contributed by atoms with Crippen molar-refractivity contribution < 1.29 is 4.79 Å². The summed E-state index contributed by atoms with van der Waals surface area (Å²) in [5, 5.41) is 4.57. The van der Waals surface area contributed by atoms with Crippen LogP contribution >= 0.6 is 0 Å². The molecule has 7 nitrogen and oxygen atoms in total. The van der Waals surface area contributed by atoms with Gasteiger partial charge in [0.2, 0.25) is 0 Å². The fourth-order valence-electron chi connectivity index (χ4n) is 3.63. The SMILES string of the molecule is Cc1cc(C)n([C@H]2CCN(C(=O)c3cccc(-c4nccc(N)n4)c3)C2)n1. The Bertz CT molecular complexity index is 996. The van der Waals surface area contributed by atoms with Gasteiger partial charge >= 0.3 is 0 Å². The molecule has 0 radical (unpaired) electrons. The van der Waals surface area contributed by atoms with Crippen LogP contribution in [-0.2, 0) is 0 Å². The van der Waals surface area contributed by atoms with E-state index in [-0.39, 0.29) is 11.9 Å². The van der Waals surface area contributed by atoms with Crippen LogP contribution in [0.2, 0.25) is 0 Å². The number of aromatic nitrogens is 4. The molecule has 2 aromatic heterocycles. The van der Waals surface area contributed by atoms with Gasteiger partial charge in [-0.1, -0.05) is 12.1 Å². The maximum atomic E-state index is 13.0. The minimum atomic E-state index is 0.0183. The van der Waals surface area contributed by atoms with E-state index in [1.165, 1.54) is 0 Å². The summed E-state index contributed by atoms with van der Waals surface area (Å²) in [5.74, 6) is 0.945.